The lowest BCUT2D eigenvalue weighted by Crippen LogP contribution is -2.19. The maximum Gasteiger partial charge on any atom is 0.164 e. The van der Waals surface area contributed by atoms with Crippen molar-refractivity contribution in [2.75, 3.05) is 20.3 Å². The van der Waals surface area contributed by atoms with Gasteiger partial charge in [0.15, 0.2) is 11.5 Å². The number of methoxy groups -OCH3 is 1. The van der Waals surface area contributed by atoms with E-state index in [0.717, 1.165) is 22.6 Å². The summed E-state index contributed by atoms with van der Waals surface area (Å²) in [6.07, 6.45) is 0.133. The predicted molar refractivity (Wildman–Crippen MR) is 63.5 cm³/mol. The molecule has 1 aromatic carbocycles. The second kappa shape index (κ2) is 5.38. The van der Waals surface area contributed by atoms with Crippen molar-refractivity contribution in [2.45, 2.75) is 26.1 Å². The number of ether oxygens (including phenoxy) is 3. The Bertz CT molecular complexity index is 387. The molecule has 4 nitrogen and oxygen atoms in total. The monoisotopic (exact) mass is 238 g/mol. The van der Waals surface area contributed by atoms with E-state index in [2.05, 4.69) is 0 Å². The van der Waals surface area contributed by atoms with Crippen LogP contribution in [-0.2, 0) is 17.8 Å². The Kier molecular flexibility index (Phi) is 3.86. The fourth-order valence-corrected chi connectivity index (χ4v) is 2.02. The van der Waals surface area contributed by atoms with Gasteiger partial charge in [-0.15, -0.1) is 0 Å². The van der Waals surface area contributed by atoms with Crippen molar-refractivity contribution in [3.8, 4) is 11.5 Å². The number of fused-ring (bicyclic) bond motifs is 1. The zero-order valence-electron chi connectivity index (χ0n) is 10.2. The standard InChI is InChI=1S/C13H18O4/c1-9(14)7-11-10(8-15-2)3-4-12-13(11)17-6-5-16-12/h3-4,9,14H,5-8H2,1-2H3. The second-order valence-electron chi connectivity index (χ2n) is 4.21. The highest BCUT2D eigenvalue weighted by Gasteiger charge is 2.20. The lowest BCUT2D eigenvalue weighted by atomic mass is 10.00. The molecule has 0 radical (unpaired) electrons. The van der Waals surface area contributed by atoms with Gasteiger partial charge < -0.3 is 19.3 Å². The molecule has 0 saturated carbocycles. The van der Waals surface area contributed by atoms with Crippen LogP contribution >= 0.6 is 0 Å². The lowest BCUT2D eigenvalue weighted by molar-refractivity contribution is 0.158. The number of hydrogen-bond donors (Lipinski definition) is 1. The molecule has 1 aliphatic rings. The molecule has 0 aliphatic carbocycles. The molecule has 17 heavy (non-hydrogen) atoms. The summed E-state index contributed by atoms with van der Waals surface area (Å²) < 4.78 is 16.3. The SMILES string of the molecule is COCc1ccc2c(c1CC(C)O)OCCO2. The summed E-state index contributed by atoms with van der Waals surface area (Å²) in [5, 5.41) is 9.56. The van der Waals surface area contributed by atoms with Gasteiger partial charge in [0.25, 0.3) is 0 Å². The minimum absolute atomic E-state index is 0.414. The van der Waals surface area contributed by atoms with E-state index in [9.17, 15) is 5.11 Å². The van der Waals surface area contributed by atoms with Gasteiger partial charge in [0.05, 0.1) is 12.7 Å². The Balaban J connectivity index is 2.39. The van der Waals surface area contributed by atoms with E-state index >= 15 is 0 Å². The van der Waals surface area contributed by atoms with E-state index in [1.54, 1.807) is 14.0 Å². The Morgan fingerprint density at radius 1 is 1.35 bits per heavy atom. The van der Waals surface area contributed by atoms with Crippen LogP contribution in [0.3, 0.4) is 0 Å². The highest BCUT2D eigenvalue weighted by Crippen LogP contribution is 2.36. The summed E-state index contributed by atoms with van der Waals surface area (Å²) >= 11 is 0. The molecule has 0 spiro atoms. The van der Waals surface area contributed by atoms with Crippen LogP contribution in [0.15, 0.2) is 12.1 Å². The van der Waals surface area contributed by atoms with E-state index in [1.165, 1.54) is 0 Å². The highest BCUT2D eigenvalue weighted by atomic mass is 16.6. The van der Waals surface area contributed by atoms with E-state index in [-0.39, 0.29) is 0 Å². The molecule has 1 N–H and O–H groups in total. The van der Waals surface area contributed by atoms with Gasteiger partial charge >= 0.3 is 0 Å². The van der Waals surface area contributed by atoms with Gasteiger partial charge in [-0.2, -0.15) is 0 Å². The topological polar surface area (TPSA) is 47.9 Å². The van der Waals surface area contributed by atoms with Gasteiger partial charge in [0.1, 0.15) is 13.2 Å². The van der Waals surface area contributed by atoms with Gasteiger partial charge in [-0.25, -0.2) is 0 Å². The molecule has 0 saturated heterocycles. The van der Waals surface area contributed by atoms with Gasteiger partial charge in [-0.05, 0) is 18.6 Å². The summed E-state index contributed by atoms with van der Waals surface area (Å²) in [5.41, 5.74) is 2.02. The minimum atomic E-state index is -0.414. The van der Waals surface area contributed by atoms with E-state index in [4.69, 9.17) is 14.2 Å². The second-order valence-corrected chi connectivity index (χ2v) is 4.21. The van der Waals surface area contributed by atoms with Gasteiger partial charge in [0.2, 0.25) is 0 Å². The molecule has 2 rings (SSSR count). The summed E-state index contributed by atoms with van der Waals surface area (Å²) in [5.74, 6) is 1.51. The van der Waals surface area contributed by atoms with Crippen molar-refractivity contribution in [1.29, 1.82) is 0 Å². The molecule has 94 valence electrons. The molecule has 1 atom stereocenters. The van der Waals surface area contributed by atoms with E-state index in [0.29, 0.717) is 26.2 Å². The number of aliphatic hydroxyl groups is 1. The third kappa shape index (κ3) is 2.70. The van der Waals surface area contributed by atoms with Crippen LogP contribution in [0.4, 0.5) is 0 Å². The van der Waals surface area contributed by atoms with Crippen LogP contribution in [0.5, 0.6) is 11.5 Å². The van der Waals surface area contributed by atoms with Crippen LogP contribution in [0.25, 0.3) is 0 Å². The fraction of sp³-hybridized carbons (Fsp3) is 0.538. The average molecular weight is 238 g/mol. The average Bonchev–Trinajstić information content (AvgIpc) is 2.32. The van der Waals surface area contributed by atoms with Crippen molar-refractivity contribution < 1.29 is 19.3 Å². The molecule has 0 fully saturated rings. The molecule has 0 bridgehead atoms. The maximum atomic E-state index is 9.56. The van der Waals surface area contributed by atoms with Gasteiger partial charge in [-0.1, -0.05) is 6.07 Å². The lowest BCUT2D eigenvalue weighted by Gasteiger charge is -2.23. The largest absolute Gasteiger partial charge is 0.486 e. The third-order valence-corrected chi connectivity index (χ3v) is 2.71. The molecule has 1 aromatic rings. The smallest absolute Gasteiger partial charge is 0.164 e. The van der Waals surface area contributed by atoms with Crippen molar-refractivity contribution in [3.05, 3.63) is 23.3 Å². The number of aliphatic hydroxyl groups excluding tert-OH is 1. The molecule has 1 heterocycles. The van der Waals surface area contributed by atoms with Gasteiger partial charge in [0, 0.05) is 19.1 Å². The van der Waals surface area contributed by atoms with E-state index < -0.39 is 6.10 Å². The Morgan fingerprint density at radius 3 is 2.82 bits per heavy atom. The third-order valence-electron chi connectivity index (χ3n) is 2.71. The number of rotatable bonds is 4. The minimum Gasteiger partial charge on any atom is -0.486 e. The quantitative estimate of drug-likeness (QED) is 0.864. The molecule has 1 aliphatic heterocycles. The molecular weight excluding hydrogens is 220 g/mol. The van der Waals surface area contributed by atoms with Gasteiger partial charge in [-0.3, -0.25) is 0 Å². The first kappa shape index (κ1) is 12.2. The van der Waals surface area contributed by atoms with Crippen molar-refractivity contribution in [1.82, 2.24) is 0 Å². The van der Waals surface area contributed by atoms with Crippen LogP contribution in [0, 0.1) is 0 Å². The summed E-state index contributed by atoms with van der Waals surface area (Å²) in [7, 11) is 1.66. The maximum absolute atomic E-state index is 9.56. The Labute approximate surface area is 101 Å². The molecule has 4 heteroatoms. The molecule has 1 unspecified atom stereocenters. The van der Waals surface area contributed by atoms with E-state index in [1.807, 2.05) is 12.1 Å². The van der Waals surface area contributed by atoms with Crippen LogP contribution in [0.2, 0.25) is 0 Å². The molecule has 0 aromatic heterocycles. The summed E-state index contributed by atoms with van der Waals surface area (Å²) in [6, 6.07) is 3.86. The van der Waals surface area contributed by atoms with Crippen LogP contribution in [0.1, 0.15) is 18.1 Å². The molecular formula is C13H18O4. The zero-order chi connectivity index (χ0) is 12.3. The highest BCUT2D eigenvalue weighted by molar-refractivity contribution is 5.51. The van der Waals surface area contributed by atoms with Crippen molar-refractivity contribution in [2.24, 2.45) is 0 Å². The summed E-state index contributed by atoms with van der Waals surface area (Å²) in [6.45, 7) is 3.40. The first-order valence-electron chi connectivity index (χ1n) is 5.79. The van der Waals surface area contributed by atoms with Crippen LogP contribution in [-0.4, -0.2) is 31.5 Å². The normalized spacial score (nSPS) is 15.7. The number of benzene rings is 1. The van der Waals surface area contributed by atoms with Crippen molar-refractivity contribution >= 4 is 0 Å². The molecule has 0 amide bonds. The Hall–Kier alpha value is -1.26. The van der Waals surface area contributed by atoms with Crippen LogP contribution < -0.4 is 9.47 Å². The first-order chi connectivity index (χ1) is 8.22. The fourth-order valence-electron chi connectivity index (χ4n) is 2.02. The Morgan fingerprint density at radius 2 is 2.12 bits per heavy atom. The van der Waals surface area contributed by atoms with Crippen molar-refractivity contribution in [3.63, 3.8) is 0 Å². The zero-order valence-corrected chi connectivity index (χ0v) is 10.2. The number of hydrogen-bond acceptors (Lipinski definition) is 4. The predicted octanol–water partition coefficient (Wildman–Crippen LogP) is 1.53. The first-order valence-corrected chi connectivity index (χ1v) is 5.79. The summed E-state index contributed by atoms with van der Waals surface area (Å²) in [4.78, 5) is 0.